The van der Waals surface area contributed by atoms with Crippen LogP contribution in [0.4, 0.5) is 0 Å². The summed E-state index contributed by atoms with van der Waals surface area (Å²) in [6.07, 6.45) is 7.89. The molecule has 0 aromatic heterocycles. The van der Waals surface area contributed by atoms with Gasteiger partial charge in [0.05, 0.1) is 4.90 Å². The van der Waals surface area contributed by atoms with Gasteiger partial charge in [-0.05, 0) is 51.2 Å². The second-order valence-electron chi connectivity index (χ2n) is 6.44. The van der Waals surface area contributed by atoms with E-state index in [1.807, 2.05) is 0 Å². The summed E-state index contributed by atoms with van der Waals surface area (Å²) in [5.41, 5.74) is 1.85. The molecule has 2 rings (SSSR count). The number of hydrogen-bond donors (Lipinski definition) is 2. The van der Waals surface area contributed by atoms with Gasteiger partial charge >= 0.3 is 0 Å². The highest BCUT2D eigenvalue weighted by molar-refractivity contribution is 7.89. The number of sulfonamides is 1. The highest BCUT2D eigenvalue weighted by atomic mass is 32.2. The Morgan fingerprint density at radius 1 is 1.08 bits per heavy atom. The zero-order chi connectivity index (χ0) is 19.0. The summed E-state index contributed by atoms with van der Waals surface area (Å²) in [6.45, 7) is 2.04. The van der Waals surface area contributed by atoms with E-state index in [4.69, 9.17) is 0 Å². The van der Waals surface area contributed by atoms with E-state index in [9.17, 15) is 18.0 Å². The first kappa shape index (κ1) is 20.3. The molecule has 0 spiro atoms. The van der Waals surface area contributed by atoms with Crippen molar-refractivity contribution in [2.24, 2.45) is 0 Å². The second-order valence-corrected chi connectivity index (χ2v) is 8.20. The Morgan fingerprint density at radius 3 is 2.42 bits per heavy atom. The molecule has 0 saturated carbocycles. The minimum Gasteiger partial charge on any atom is -0.356 e. The molecule has 2 N–H and O–H groups in total. The highest BCUT2D eigenvalue weighted by Gasteiger charge is 2.14. The molecule has 0 bridgehead atoms. The van der Waals surface area contributed by atoms with Crippen molar-refractivity contribution >= 4 is 21.7 Å². The number of carbonyl (C=O) groups excluding carboxylic acids is 2. The molecule has 142 valence electrons. The van der Waals surface area contributed by atoms with Crippen molar-refractivity contribution in [2.75, 3.05) is 13.1 Å². The average molecular weight is 378 g/mol. The van der Waals surface area contributed by atoms with Gasteiger partial charge in [-0.2, -0.15) is 0 Å². The molecule has 7 heteroatoms. The zero-order valence-electron chi connectivity index (χ0n) is 15.1. The smallest absolute Gasteiger partial charge is 0.240 e. The number of benzene rings is 1. The van der Waals surface area contributed by atoms with Crippen LogP contribution in [0, 0.1) is 0 Å². The summed E-state index contributed by atoms with van der Waals surface area (Å²) in [7, 11) is -3.69. The topological polar surface area (TPSA) is 92.3 Å². The molecule has 1 amide bonds. The van der Waals surface area contributed by atoms with Crippen LogP contribution in [0.3, 0.4) is 0 Å². The van der Waals surface area contributed by atoms with Gasteiger partial charge < -0.3 is 5.32 Å². The minimum absolute atomic E-state index is 0.0331. The third-order valence-electron chi connectivity index (χ3n) is 4.37. The molecule has 1 aromatic rings. The van der Waals surface area contributed by atoms with Gasteiger partial charge in [-0.1, -0.05) is 23.8 Å². The zero-order valence-corrected chi connectivity index (χ0v) is 15.9. The van der Waals surface area contributed by atoms with Gasteiger partial charge in [-0.15, -0.1) is 0 Å². The van der Waals surface area contributed by atoms with E-state index >= 15 is 0 Å². The van der Waals surface area contributed by atoms with Gasteiger partial charge in [0.1, 0.15) is 0 Å². The quantitative estimate of drug-likeness (QED) is 0.510. The number of Topliss-reactive ketones (excluding diaryl/α,β-unsaturated/α-hetero) is 1. The molecule has 26 heavy (non-hydrogen) atoms. The van der Waals surface area contributed by atoms with E-state index in [0.717, 1.165) is 19.3 Å². The first-order valence-corrected chi connectivity index (χ1v) is 10.4. The van der Waals surface area contributed by atoms with Crippen LogP contribution >= 0.6 is 0 Å². The Bertz CT molecular complexity index is 767. The Kier molecular flexibility index (Phi) is 7.53. The Morgan fingerprint density at radius 2 is 1.81 bits per heavy atom. The second kappa shape index (κ2) is 9.64. The van der Waals surface area contributed by atoms with Crippen molar-refractivity contribution in [3.05, 3.63) is 41.5 Å². The van der Waals surface area contributed by atoms with Crippen molar-refractivity contribution in [3.8, 4) is 0 Å². The lowest BCUT2D eigenvalue weighted by atomic mass is 9.97. The fraction of sp³-hybridized carbons (Fsp3) is 0.474. The lowest BCUT2D eigenvalue weighted by molar-refractivity contribution is -0.120. The van der Waals surface area contributed by atoms with Crippen molar-refractivity contribution in [1.82, 2.24) is 10.0 Å². The number of rotatable bonds is 9. The molecule has 1 aliphatic carbocycles. The number of allylic oxidation sites excluding steroid dienone is 1. The summed E-state index contributed by atoms with van der Waals surface area (Å²) in [5.74, 6) is -0.293. The maximum atomic E-state index is 12.2. The lowest BCUT2D eigenvalue weighted by Crippen LogP contribution is -2.31. The number of carbonyl (C=O) groups is 2. The van der Waals surface area contributed by atoms with Crippen LogP contribution < -0.4 is 10.0 Å². The van der Waals surface area contributed by atoms with E-state index in [2.05, 4.69) is 16.1 Å². The van der Waals surface area contributed by atoms with Gasteiger partial charge in [0.15, 0.2) is 5.78 Å². The SMILES string of the molecule is CC(=O)c1ccc(S(=O)(=O)NCCC(=O)NCCC2=CCCCC2)cc1. The summed E-state index contributed by atoms with van der Waals surface area (Å²) in [5, 5.41) is 2.82. The van der Waals surface area contributed by atoms with Gasteiger partial charge in [0.2, 0.25) is 15.9 Å². The standard InChI is InChI=1S/C19H26N2O4S/c1-15(22)17-7-9-18(10-8-17)26(24,25)21-14-12-19(23)20-13-11-16-5-3-2-4-6-16/h5,7-10,21H,2-4,6,11-14H2,1H3,(H,20,23). The highest BCUT2D eigenvalue weighted by Crippen LogP contribution is 2.19. The Hall–Kier alpha value is -1.99. The van der Waals surface area contributed by atoms with Crippen molar-refractivity contribution in [2.45, 2.75) is 50.3 Å². The third kappa shape index (κ3) is 6.38. The molecule has 1 aromatic carbocycles. The molecule has 0 fully saturated rings. The number of ketones is 1. The van der Waals surface area contributed by atoms with Gasteiger partial charge in [-0.3, -0.25) is 9.59 Å². The molecule has 0 aliphatic heterocycles. The van der Waals surface area contributed by atoms with Crippen molar-refractivity contribution in [1.29, 1.82) is 0 Å². The molecule has 1 aliphatic rings. The summed E-state index contributed by atoms with van der Waals surface area (Å²) >= 11 is 0. The maximum Gasteiger partial charge on any atom is 0.240 e. The normalized spacial score (nSPS) is 14.6. The summed E-state index contributed by atoms with van der Waals surface area (Å²) in [4.78, 5) is 23.1. The molecular formula is C19H26N2O4S. The Labute approximate surface area is 155 Å². The van der Waals surface area contributed by atoms with Crippen LogP contribution in [-0.4, -0.2) is 33.2 Å². The number of amides is 1. The average Bonchev–Trinajstić information content (AvgIpc) is 2.62. The van der Waals surface area contributed by atoms with E-state index in [1.54, 1.807) is 0 Å². The van der Waals surface area contributed by atoms with Crippen molar-refractivity contribution in [3.63, 3.8) is 0 Å². The summed E-state index contributed by atoms with van der Waals surface area (Å²) in [6, 6.07) is 5.72. The first-order chi connectivity index (χ1) is 12.4. The fourth-order valence-corrected chi connectivity index (χ4v) is 3.87. The summed E-state index contributed by atoms with van der Waals surface area (Å²) < 4.78 is 26.8. The van der Waals surface area contributed by atoms with Crippen molar-refractivity contribution < 1.29 is 18.0 Å². The predicted molar refractivity (Wildman–Crippen MR) is 100 cm³/mol. The monoisotopic (exact) mass is 378 g/mol. The van der Waals surface area contributed by atoms with E-state index < -0.39 is 10.0 Å². The van der Waals surface area contributed by atoms with Crippen LogP contribution in [0.1, 0.15) is 55.8 Å². The number of hydrogen-bond acceptors (Lipinski definition) is 4. The first-order valence-electron chi connectivity index (χ1n) is 8.94. The third-order valence-corrected chi connectivity index (χ3v) is 5.85. The van der Waals surface area contributed by atoms with Gasteiger partial charge in [-0.25, -0.2) is 13.1 Å². The largest absolute Gasteiger partial charge is 0.356 e. The van der Waals surface area contributed by atoms with Crippen LogP contribution in [-0.2, 0) is 14.8 Å². The maximum absolute atomic E-state index is 12.2. The Balaban J connectivity index is 1.72. The van der Waals surface area contributed by atoms with E-state index in [0.29, 0.717) is 12.1 Å². The fourth-order valence-electron chi connectivity index (χ4n) is 2.83. The predicted octanol–water partition coefficient (Wildman–Crippen LogP) is 2.56. The minimum atomic E-state index is -3.69. The molecule has 0 unspecified atom stereocenters. The van der Waals surface area contributed by atoms with Gasteiger partial charge in [0.25, 0.3) is 0 Å². The van der Waals surface area contributed by atoms with E-state index in [-0.39, 0.29) is 29.6 Å². The molecule has 0 heterocycles. The van der Waals surface area contributed by atoms with Gasteiger partial charge in [0, 0.05) is 25.1 Å². The molecular weight excluding hydrogens is 352 g/mol. The van der Waals surface area contributed by atoms with Crippen LogP contribution in [0.5, 0.6) is 0 Å². The number of nitrogens with one attached hydrogen (secondary N) is 2. The molecule has 0 radical (unpaired) electrons. The van der Waals surface area contributed by atoms with Crippen LogP contribution in [0.25, 0.3) is 0 Å². The van der Waals surface area contributed by atoms with E-state index in [1.165, 1.54) is 49.6 Å². The lowest BCUT2D eigenvalue weighted by Gasteiger charge is -2.13. The molecule has 0 atom stereocenters. The molecule has 6 nitrogen and oxygen atoms in total. The van der Waals surface area contributed by atoms with Crippen LogP contribution in [0.2, 0.25) is 0 Å². The molecule has 0 saturated heterocycles. The van der Waals surface area contributed by atoms with Crippen LogP contribution in [0.15, 0.2) is 40.8 Å².